The van der Waals surface area contributed by atoms with E-state index in [1.807, 2.05) is 12.3 Å². The summed E-state index contributed by atoms with van der Waals surface area (Å²) in [5.74, 6) is 2.70. The standard InChI is InChI=1S/C15H23N3O/c1-19-14-6-7-15(17-10-14)18(13-4-5-13)11-12-3-2-8-16-9-12/h6-7,10,12-13,16H,2-5,8-9,11H2,1H3. The van der Waals surface area contributed by atoms with Gasteiger partial charge in [-0.15, -0.1) is 0 Å². The maximum Gasteiger partial charge on any atom is 0.137 e. The number of ether oxygens (including phenoxy) is 1. The molecule has 1 atom stereocenters. The Bertz CT molecular complexity index is 396. The number of nitrogens with one attached hydrogen (secondary N) is 1. The van der Waals surface area contributed by atoms with Crippen molar-refractivity contribution < 1.29 is 4.74 Å². The van der Waals surface area contributed by atoms with Gasteiger partial charge in [-0.25, -0.2) is 4.98 Å². The predicted octanol–water partition coefficient (Wildman–Crippen LogP) is 2.06. The Morgan fingerprint density at radius 2 is 2.26 bits per heavy atom. The molecule has 1 aromatic heterocycles. The summed E-state index contributed by atoms with van der Waals surface area (Å²) in [6.07, 6.45) is 7.09. The molecule has 1 N–H and O–H groups in total. The van der Waals surface area contributed by atoms with Crippen molar-refractivity contribution in [3.8, 4) is 5.75 Å². The number of methoxy groups -OCH3 is 1. The third-order valence-electron chi connectivity index (χ3n) is 4.09. The van der Waals surface area contributed by atoms with Gasteiger partial charge in [0, 0.05) is 12.6 Å². The number of hydrogen-bond acceptors (Lipinski definition) is 4. The molecule has 0 spiro atoms. The molecule has 1 saturated carbocycles. The maximum atomic E-state index is 5.18. The minimum absolute atomic E-state index is 0.711. The van der Waals surface area contributed by atoms with Crippen LogP contribution >= 0.6 is 0 Å². The van der Waals surface area contributed by atoms with E-state index in [4.69, 9.17) is 4.74 Å². The van der Waals surface area contributed by atoms with E-state index in [0.29, 0.717) is 6.04 Å². The van der Waals surface area contributed by atoms with Crippen molar-refractivity contribution in [1.82, 2.24) is 10.3 Å². The van der Waals surface area contributed by atoms with Gasteiger partial charge in [-0.05, 0) is 56.8 Å². The first-order valence-corrected chi connectivity index (χ1v) is 7.34. The van der Waals surface area contributed by atoms with Crippen LogP contribution in [-0.4, -0.2) is 37.8 Å². The Morgan fingerprint density at radius 1 is 1.37 bits per heavy atom. The molecule has 1 unspecified atom stereocenters. The number of piperidine rings is 1. The molecule has 0 aromatic carbocycles. The van der Waals surface area contributed by atoms with Gasteiger partial charge in [-0.2, -0.15) is 0 Å². The van der Waals surface area contributed by atoms with Crippen molar-refractivity contribution in [1.29, 1.82) is 0 Å². The van der Waals surface area contributed by atoms with Gasteiger partial charge in [-0.1, -0.05) is 0 Å². The Hall–Kier alpha value is -1.29. The third-order valence-corrected chi connectivity index (χ3v) is 4.09. The van der Waals surface area contributed by atoms with Crippen molar-refractivity contribution in [2.45, 2.75) is 31.7 Å². The minimum Gasteiger partial charge on any atom is -0.495 e. The van der Waals surface area contributed by atoms with Crippen LogP contribution in [0.4, 0.5) is 5.82 Å². The van der Waals surface area contributed by atoms with Crippen LogP contribution < -0.4 is 15.0 Å². The zero-order valence-electron chi connectivity index (χ0n) is 11.6. The molecule has 104 valence electrons. The van der Waals surface area contributed by atoms with Crippen molar-refractivity contribution >= 4 is 5.82 Å². The summed E-state index contributed by atoms with van der Waals surface area (Å²) in [6, 6.07) is 4.81. The Balaban J connectivity index is 1.68. The molecule has 4 nitrogen and oxygen atoms in total. The molecule has 1 saturated heterocycles. The quantitative estimate of drug-likeness (QED) is 0.880. The molecule has 3 rings (SSSR count). The lowest BCUT2D eigenvalue weighted by Crippen LogP contribution is -2.39. The number of nitrogens with zero attached hydrogens (tertiary/aromatic N) is 2. The van der Waals surface area contributed by atoms with Crippen LogP contribution in [0.1, 0.15) is 25.7 Å². The van der Waals surface area contributed by atoms with Gasteiger partial charge in [0.1, 0.15) is 11.6 Å². The molecule has 1 aromatic rings. The van der Waals surface area contributed by atoms with E-state index < -0.39 is 0 Å². The Morgan fingerprint density at radius 3 is 2.84 bits per heavy atom. The van der Waals surface area contributed by atoms with Gasteiger partial charge >= 0.3 is 0 Å². The number of rotatable bonds is 5. The van der Waals surface area contributed by atoms with Gasteiger partial charge in [0.2, 0.25) is 0 Å². The normalized spacial score (nSPS) is 23.1. The van der Waals surface area contributed by atoms with Gasteiger partial charge in [-0.3, -0.25) is 0 Å². The first kappa shape index (κ1) is 12.7. The highest BCUT2D eigenvalue weighted by Gasteiger charge is 2.31. The van der Waals surface area contributed by atoms with E-state index in [1.54, 1.807) is 7.11 Å². The Labute approximate surface area is 115 Å². The molecular weight excluding hydrogens is 238 g/mol. The fraction of sp³-hybridized carbons (Fsp3) is 0.667. The second-order valence-electron chi connectivity index (χ2n) is 5.65. The number of pyridine rings is 1. The molecule has 0 amide bonds. The lowest BCUT2D eigenvalue weighted by molar-refractivity contribution is 0.375. The van der Waals surface area contributed by atoms with Gasteiger partial charge in [0.25, 0.3) is 0 Å². The lowest BCUT2D eigenvalue weighted by atomic mass is 9.99. The smallest absolute Gasteiger partial charge is 0.137 e. The zero-order chi connectivity index (χ0) is 13.1. The number of aromatic nitrogens is 1. The highest BCUT2D eigenvalue weighted by molar-refractivity contribution is 5.43. The van der Waals surface area contributed by atoms with Crippen LogP contribution in [-0.2, 0) is 0 Å². The van der Waals surface area contributed by atoms with Crippen LogP contribution in [0.25, 0.3) is 0 Å². The summed E-state index contributed by atoms with van der Waals surface area (Å²) in [5, 5.41) is 3.50. The summed E-state index contributed by atoms with van der Waals surface area (Å²) < 4.78 is 5.18. The van der Waals surface area contributed by atoms with Crippen LogP contribution in [0.15, 0.2) is 18.3 Å². The largest absolute Gasteiger partial charge is 0.495 e. The average Bonchev–Trinajstić information content (AvgIpc) is 3.31. The van der Waals surface area contributed by atoms with E-state index in [9.17, 15) is 0 Å². The first-order chi connectivity index (χ1) is 9.36. The monoisotopic (exact) mass is 261 g/mol. The highest BCUT2D eigenvalue weighted by Crippen LogP contribution is 2.32. The van der Waals surface area contributed by atoms with E-state index in [2.05, 4.69) is 21.3 Å². The summed E-state index contributed by atoms with van der Waals surface area (Å²) in [5.41, 5.74) is 0. The highest BCUT2D eigenvalue weighted by atomic mass is 16.5. The molecule has 2 aliphatic rings. The van der Waals surface area contributed by atoms with Gasteiger partial charge in [0.15, 0.2) is 0 Å². The zero-order valence-corrected chi connectivity index (χ0v) is 11.6. The second kappa shape index (κ2) is 5.78. The van der Waals surface area contributed by atoms with Crippen molar-refractivity contribution in [3.63, 3.8) is 0 Å². The average molecular weight is 261 g/mol. The van der Waals surface area contributed by atoms with Gasteiger partial charge < -0.3 is 15.0 Å². The lowest BCUT2D eigenvalue weighted by Gasteiger charge is -2.31. The van der Waals surface area contributed by atoms with Crippen molar-refractivity contribution in [3.05, 3.63) is 18.3 Å². The molecule has 1 aliphatic carbocycles. The van der Waals surface area contributed by atoms with E-state index in [1.165, 1.54) is 32.2 Å². The molecule has 2 heterocycles. The molecule has 2 fully saturated rings. The molecule has 4 heteroatoms. The second-order valence-corrected chi connectivity index (χ2v) is 5.65. The molecular formula is C15H23N3O. The molecule has 0 radical (unpaired) electrons. The van der Waals surface area contributed by atoms with E-state index in [-0.39, 0.29) is 0 Å². The topological polar surface area (TPSA) is 37.4 Å². The first-order valence-electron chi connectivity index (χ1n) is 7.34. The number of hydrogen-bond donors (Lipinski definition) is 1. The summed E-state index contributed by atoms with van der Waals surface area (Å²) >= 11 is 0. The van der Waals surface area contributed by atoms with Crippen molar-refractivity contribution in [2.24, 2.45) is 5.92 Å². The van der Waals surface area contributed by atoms with Crippen LogP contribution in [0.5, 0.6) is 5.75 Å². The summed E-state index contributed by atoms with van der Waals surface area (Å²) in [6.45, 7) is 3.47. The fourth-order valence-corrected chi connectivity index (χ4v) is 2.84. The van der Waals surface area contributed by atoms with Crippen molar-refractivity contribution in [2.75, 3.05) is 31.6 Å². The minimum atomic E-state index is 0.711. The van der Waals surface area contributed by atoms with E-state index >= 15 is 0 Å². The molecule has 1 aliphatic heterocycles. The van der Waals surface area contributed by atoms with Crippen LogP contribution in [0.2, 0.25) is 0 Å². The summed E-state index contributed by atoms with van der Waals surface area (Å²) in [7, 11) is 1.68. The number of anilines is 1. The SMILES string of the molecule is COc1ccc(N(CC2CCCNC2)C2CC2)nc1. The Kier molecular flexibility index (Phi) is 3.87. The molecule has 0 bridgehead atoms. The summed E-state index contributed by atoms with van der Waals surface area (Å²) in [4.78, 5) is 7.05. The van der Waals surface area contributed by atoms with E-state index in [0.717, 1.165) is 30.6 Å². The van der Waals surface area contributed by atoms with Gasteiger partial charge in [0.05, 0.1) is 13.3 Å². The predicted molar refractivity (Wildman–Crippen MR) is 76.8 cm³/mol. The van der Waals surface area contributed by atoms with Crippen LogP contribution in [0.3, 0.4) is 0 Å². The van der Waals surface area contributed by atoms with Crippen LogP contribution in [0, 0.1) is 5.92 Å². The maximum absolute atomic E-state index is 5.18. The third kappa shape index (κ3) is 3.18. The molecule has 19 heavy (non-hydrogen) atoms. The fourth-order valence-electron chi connectivity index (χ4n) is 2.84.